The molecule has 128 valence electrons. The monoisotopic (exact) mass is 342 g/mol. The summed E-state index contributed by atoms with van der Waals surface area (Å²) in [5, 5.41) is 4.36. The van der Waals surface area contributed by atoms with Crippen molar-refractivity contribution in [1.82, 2.24) is 15.0 Å². The maximum atomic E-state index is 5.72. The number of pyridine rings is 1. The Balaban J connectivity index is 1.84. The topological polar surface area (TPSA) is 59.9 Å². The highest BCUT2D eigenvalue weighted by Crippen LogP contribution is 2.31. The number of ether oxygens (including phenoxy) is 1. The summed E-state index contributed by atoms with van der Waals surface area (Å²) in [6.45, 7) is 2.57. The molecule has 0 saturated heterocycles. The first kappa shape index (κ1) is 16.0. The Morgan fingerprint density at radius 2 is 1.77 bits per heavy atom. The zero-order chi connectivity index (χ0) is 17.8. The summed E-state index contributed by atoms with van der Waals surface area (Å²) in [5.74, 6) is 2.16. The average Bonchev–Trinajstić information content (AvgIpc) is 2.70. The number of hydrogen-bond acceptors (Lipinski definition) is 5. The molecule has 4 aromatic rings. The van der Waals surface area contributed by atoms with Crippen molar-refractivity contribution in [2.75, 3.05) is 11.9 Å². The number of benzene rings is 2. The standard InChI is InChI=1S/C21H18N4O/c1-2-26-19-12-6-5-11-18(19)24-21-16-9-3-4-10-17(16)23-20(25-21)15-8-7-13-22-14-15/h3-14H,2H2,1H3,(H,23,24,25). The molecule has 2 aromatic carbocycles. The van der Waals surface area contributed by atoms with E-state index in [2.05, 4.69) is 15.3 Å². The second-order valence-corrected chi connectivity index (χ2v) is 5.71. The van der Waals surface area contributed by atoms with Crippen LogP contribution in [-0.2, 0) is 0 Å². The van der Waals surface area contributed by atoms with Crippen LogP contribution in [0.2, 0.25) is 0 Å². The van der Waals surface area contributed by atoms with Crippen LogP contribution in [0, 0.1) is 0 Å². The normalized spacial score (nSPS) is 10.7. The van der Waals surface area contributed by atoms with Gasteiger partial charge in [0.1, 0.15) is 11.6 Å². The fourth-order valence-corrected chi connectivity index (χ4v) is 2.77. The lowest BCUT2D eigenvalue weighted by Crippen LogP contribution is -2.02. The van der Waals surface area contributed by atoms with E-state index in [4.69, 9.17) is 9.72 Å². The predicted octanol–water partition coefficient (Wildman–Crippen LogP) is 4.83. The quantitative estimate of drug-likeness (QED) is 0.563. The number of fused-ring (bicyclic) bond motifs is 1. The maximum absolute atomic E-state index is 5.72. The van der Waals surface area contributed by atoms with E-state index < -0.39 is 0 Å². The van der Waals surface area contributed by atoms with Crippen molar-refractivity contribution in [1.29, 1.82) is 0 Å². The first-order chi connectivity index (χ1) is 12.8. The van der Waals surface area contributed by atoms with Crippen LogP contribution in [0.5, 0.6) is 5.75 Å². The minimum atomic E-state index is 0.601. The van der Waals surface area contributed by atoms with Gasteiger partial charge in [0.15, 0.2) is 5.82 Å². The average molecular weight is 342 g/mol. The van der Waals surface area contributed by atoms with Gasteiger partial charge in [0.25, 0.3) is 0 Å². The first-order valence-electron chi connectivity index (χ1n) is 8.51. The van der Waals surface area contributed by atoms with Crippen LogP contribution in [0.25, 0.3) is 22.3 Å². The van der Waals surface area contributed by atoms with Gasteiger partial charge in [-0.2, -0.15) is 0 Å². The highest BCUT2D eigenvalue weighted by molar-refractivity contribution is 5.92. The lowest BCUT2D eigenvalue weighted by atomic mass is 10.2. The Bertz CT molecular complexity index is 1030. The van der Waals surface area contributed by atoms with Gasteiger partial charge >= 0.3 is 0 Å². The van der Waals surface area contributed by atoms with Crippen molar-refractivity contribution in [3.05, 3.63) is 73.1 Å². The smallest absolute Gasteiger partial charge is 0.163 e. The zero-order valence-electron chi connectivity index (χ0n) is 14.4. The molecular weight excluding hydrogens is 324 g/mol. The van der Waals surface area contributed by atoms with Crippen molar-refractivity contribution in [2.24, 2.45) is 0 Å². The maximum Gasteiger partial charge on any atom is 0.163 e. The van der Waals surface area contributed by atoms with Crippen LogP contribution < -0.4 is 10.1 Å². The molecule has 0 aliphatic heterocycles. The molecule has 1 N–H and O–H groups in total. The van der Waals surface area contributed by atoms with E-state index in [0.29, 0.717) is 12.4 Å². The number of para-hydroxylation sites is 3. The molecule has 2 heterocycles. The molecule has 0 aliphatic carbocycles. The lowest BCUT2D eigenvalue weighted by molar-refractivity contribution is 0.342. The fourth-order valence-electron chi connectivity index (χ4n) is 2.77. The van der Waals surface area contributed by atoms with Crippen LogP contribution in [0.3, 0.4) is 0 Å². The highest BCUT2D eigenvalue weighted by Gasteiger charge is 2.11. The van der Waals surface area contributed by atoms with Gasteiger partial charge in [-0.15, -0.1) is 0 Å². The molecule has 0 unspecified atom stereocenters. The summed E-state index contributed by atoms with van der Waals surface area (Å²) in [4.78, 5) is 13.6. The molecule has 2 aromatic heterocycles. The number of hydrogen-bond donors (Lipinski definition) is 1. The molecule has 0 spiro atoms. The van der Waals surface area contributed by atoms with Crippen molar-refractivity contribution < 1.29 is 4.74 Å². The molecule has 0 atom stereocenters. The first-order valence-corrected chi connectivity index (χ1v) is 8.51. The van der Waals surface area contributed by atoms with Gasteiger partial charge in [-0.25, -0.2) is 9.97 Å². The molecule has 4 rings (SSSR count). The van der Waals surface area contributed by atoms with Crippen molar-refractivity contribution in [3.8, 4) is 17.1 Å². The summed E-state index contributed by atoms with van der Waals surface area (Å²) >= 11 is 0. The molecule has 0 aliphatic rings. The molecule has 26 heavy (non-hydrogen) atoms. The predicted molar refractivity (Wildman–Crippen MR) is 104 cm³/mol. The van der Waals surface area contributed by atoms with Crippen LogP contribution in [0.15, 0.2) is 73.1 Å². The van der Waals surface area contributed by atoms with Gasteiger partial charge in [-0.3, -0.25) is 4.98 Å². The van der Waals surface area contributed by atoms with Gasteiger partial charge < -0.3 is 10.1 Å². The number of anilines is 2. The fraction of sp³-hybridized carbons (Fsp3) is 0.0952. The van der Waals surface area contributed by atoms with E-state index in [0.717, 1.165) is 33.7 Å². The number of nitrogens with zero attached hydrogens (tertiary/aromatic N) is 3. The summed E-state index contributed by atoms with van der Waals surface area (Å²) in [7, 11) is 0. The molecule has 0 bridgehead atoms. The van der Waals surface area contributed by atoms with E-state index >= 15 is 0 Å². The number of aromatic nitrogens is 3. The van der Waals surface area contributed by atoms with E-state index in [9.17, 15) is 0 Å². The minimum absolute atomic E-state index is 0.601. The van der Waals surface area contributed by atoms with Gasteiger partial charge in [0.05, 0.1) is 17.8 Å². The van der Waals surface area contributed by atoms with Gasteiger partial charge in [0.2, 0.25) is 0 Å². The van der Waals surface area contributed by atoms with E-state index in [1.165, 1.54) is 0 Å². The molecular formula is C21H18N4O. The second-order valence-electron chi connectivity index (χ2n) is 5.71. The molecule has 0 saturated carbocycles. The third kappa shape index (κ3) is 3.19. The van der Waals surface area contributed by atoms with Crippen LogP contribution in [0.4, 0.5) is 11.5 Å². The lowest BCUT2D eigenvalue weighted by Gasteiger charge is -2.14. The van der Waals surface area contributed by atoms with Crippen molar-refractivity contribution >= 4 is 22.4 Å². The summed E-state index contributed by atoms with van der Waals surface area (Å²) < 4.78 is 5.72. The van der Waals surface area contributed by atoms with Crippen LogP contribution >= 0.6 is 0 Å². The number of nitrogens with one attached hydrogen (secondary N) is 1. The van der Waals surface area contributed by atoms with Gasteiger partial charge in [-0.05, 0) is 43.3 Å². The third-order valence-electron chi connectivity index (χ3n) is 3.96. The largest absolute Gasteiger partial charge is 0.492 e. The Morgan fingerprint density at radius 1 is 0.923 bits per heavy atom. The van der Waals surface area contributed by atoms with Crippen LogP contribution in [0.1, 0.15) is 6.92 Å². The van der Waals surface area contributed by atoms with Gasteiger partial charge in [-0.1, -0.05) is 24.3 Å². The summed E-state index contributed by atoms with van der Waals surface area (Å²) in [6.07, 6.45) is 3.50. The Labute approximate surface area is 151 Å². The third-order valence-corrected chi connectivity index (χ3v) is 3.96. The van der Waals surface area contributed by atoms with Crippen molar-refractivity contribution in [3.63, 3.8) is 0 Å². The molecule has 0 radical (unpaired) electrons. The summed E-state index contributed by atoms with van der Waals surface area (Å²) in [5.41, 5.74) is 2.62. The summed E-state index contributed by atoms with van der Waals surface area (Å²) in [6, 6.07) is 19.6. The molecule has 0 amide bonds. The molecule has 0 fully saturated rings. The Kier molecular flexibility index (Phi) is 4.43. The second kappa shape index (κ2) is 7.19. The Morgan fingerprint density at radius 3 is 2.62 bits per heavy atom. The van der Waals surface area contributed by atoms with E-state index in [1.54, 1.807) is 12.4 Å². The molecule has 5 nitrogen and oxygen atoms in total. The Hall–Kier alpha value is -3.47. The number of rotatable bonds is 5. The van der Waals surface area contributed by atoms with Crippen molar-refractivity contribution in [2.45, 2.75) is 6.92 Å². The molecule has 5 heteroatoms. The minimum Gasteiger partial charge on any atom is -0.492 e. The van der Waals surface area contributed by atoms with Crippen LogP contribution in [-0.4, -0.2) is 21.6 Å². The van der Waals surface area contributed by atoms with E-state index in [1.807, 2.05) is 67.6 Å². The SMILES string of the molecule is CCOc1ccccc1Nc1nc(-c2cccnc2)nc2ccccc12. The zero-order valence-corrected chi connectivity index (χ0v) is 14.4. The van der Waals surface area contributed by atoms with E-state index in [-0.39, 0.29) is 0 Å². The highest BCUT2D eigenvalue weighted by atomic mass is 16.5. The van der Waals surface area contributed by atoms with Gasteiger partial charge in [0, 0.05) is 23.3 Å².